The van der Waals surface area contributed by atoms with Gasteiger partial charge in [-0.3, -0.25) is 0 Å². The molecule has 112 valence electrons. The minimum atomic E-state index is -0.654. The molecule has 0 atom stereocenters. The Morgan fingerprint density at radius 2 is 1.23 bits per heavy atom. The van der Waals surface area contributed by atoms with E-state index in [1.165, 1.54) is 24.6 Å². The molecule has 0 fully saturated rings. The standard InChI is InChI=1S/C15H14N4O3/c20-13-7-3-1-5-11(13)9-16-18-15(22)19-17-10-12-6-2-4-8-14(12)21/h1-10,20-21H,(H2,18,19,22)/b16-9-,17-10-. The van der Waals surface area contributed by atoms with Gasteiger partial charge in [0.1, 0.15) is 11.5 Å². The van der Waals surface area contributed by atoms with E-state index in [9.17, 15) is 15.0 Å². The lowest BCUT2D eigenvalue weighted by atomic mass is 10.2. The van der Waals surface area contributed by atoms with E-state index in [0.29, 0.717) is 11.1 Å². The van der Waals surface area contributed by atoms with Crippen molar-refractivity contribution in [1.82, 2.24) is 10.9 Å². The molecule has 2 amide bonds. The number of hydrogen-bond acceptors (Lipinski definition) is 5. The van der Waals surface area contributed by atoms with Crippen LogP contribution < -0.4 is 10.9 Å². The number of phenolic OH excluding ortho intramolecular Hbond substituents is 2. The molecule has 0 bridgehead atoms. The Bertz CT molecular complexity index is 654. The van der Waals surface area contributed by atoms with Crippen molar-refractivity contribution >= 4 is 18.5 Å². The Labute approximate surface area is 126 Å². The van der Waals surface area contributed by atoms with Gasteiger partial charge in [0.25, 0.3) is 0 Å². The fourth-order valence-corrected chi connectivity index (χ4v) is 1.54. The number of carbonyl (C=O) groups excluding carboxylic acids is 1. The zero-order valence-corrected chi connectivity index (χ0v) is 11.5. The van der Waals surface area contributed by atoms with Gasteiger partial charge in [0, 0.05) is 11.1 Å². The molecular weight excluding hydrogens is 284 g/mol. The summed E-state index contributed by atoms with van der Waals surface area (Å²) in [6.45, 7) is 0. The number of aromatic hydroxyl groups is 2. The first kappa shape index (κ1) is 15.0. The van der Waals surface area contributed by atoms with Crippen molar-refractivity contribution < 1.29 is 15.0 Å². The van der Waals surface area contributed by atoms with Crippen LogP contribution in [0.1, 0.15) is 11.1 Å². The molecule has 0 aliphatic heterocycles. The smallest absolute Gasteiger partial charge is 0.355 e. The molecule has 2 aromatic carbocycles. The topological polar surface area (TPSA) is 106 Å². The zero-order valence-electron chi connectivity index (χ0n) is 11.5. The Kier molecular flexibility index (Phi) is 5.09. The molecule has 0 aliphatic rings. The number of benzene rings is 2. The van der Waals surface area contributed by atoms with Gasteiger partial charge in [0.2, 0.25) is 0 Å². The van der Waals surface area contributed by atoms with E-state index >= 15 is 0 Å². The second kappa shape index (κ2) is 7.44. The van der Waals surface area contributed by atoms with Crippen LogP contribution in [0, 0.1) is 0 Å². The summed E-state index contributed by atoms with van der Waals surface area (Å²) >= 11 is 0. The van der Waals surface area contributed by atoms with Crippen LogP contribution >= 0.6 is 0 Å². The average molecular weight is 298 g/mol. The van der Waals surface area contributed by atoms with Gasteiger partial charge in [-0.25, -0.2) is 15.6 Å². The van der Waals surface area contributed by atoms with E-state index in [4.69, 9.17) is 0 Å². The monoisotopic (exact) mass is 298 g/mol. The third kappa shape index (κ3) is 4.34. The van der Waals surface area contributed by atoms with Crippen LogP contribution in [0.25, 0.3) is 0 Å². The largest absolute Gasteiger partial charge is 0.507 e. The summed E-state index contributed by atoms with van der Waals surface area (Å²) in [5.41, 5.74) is 5.33. The lowest BCUT2D eigenvalue weighted by Crippen LogP contribution is -2.28. The predicted molar refractivity (Wildman–Crippen MR) is 83.1 cm³/mol. The molecule has 2 rings (SSSR count). The lowest BCUT2D eigenvalue weighted by molar-refractivity contribution is 0.242. The van der Waals surface area contributed by atoms with Crippen LogP contribution in [0.5, 0.6) is 11.5 Å². The number of phenols is 2. The normalized spacial score (nSPS) is 10.9. The number of urea groups is 1. The summed E-state index contributed by atoms with van der Waals surface area (Å²) in [4.78, 5) is 11.4. The third-order valence-electron chi connectivity index (χ3n) is 2.61. The molecule has 0 saturated carbocycles. The second-order valence-corrected chi connectivity index (χ2v) is 4.19. The zero-order chi connectivity index (χ0) is 15.8. The number of hydrazone groups is 2. The molecule has 0 heterocycles. The number of amides is 2. The number of nitrogens with zero attached hydrogens (tertiary/aromatic N) is 2. The summed E-state index contributed by atoms with van der Waals surface area (Å²) in [7, 11) is 0. The van der Waals surface area contributed by atoms with E-state index < -0.39 is 6.03 Å². The van der Waals surface area contributed by atoms with Gasteiger partial charge in [0.15, 0.2) is 0 Å². The molecule has 0 unspecified atom stereocenters. The maximum atomic E-state index is 11.4. The molecule has 0 spiro atoms. The van der Waals surface area contributed by atoms with Crippen molar-refractivity contribution in [3.05, 3.63) is 59.7 Å². The molecule has 7 nitrogen and oxygen atoms in total. The van der Waals surface area contributed by atoms with Crippen molar-refractivity contribution in [3.8, 4) is 11.5 Å². The highest BCUT2D eigenvalue weighted by Crippen LogP contribution is 2.13. The summed E-state index contributed by atoms with van der Waals surface area (Å²) < 4.78 is 0. The molecule has 0 aromatic heterocycles. The summed E-state index contributed by atoms with van der Waals surface area (Å²) in [5.74, 6) is 0.122. The van der Waals surface area contributed by atoms with Crippen LogP contribution in [-0.2, 0) is 0 Å². The van der Waals surface area contributed by atoms with Gasteiger partial charge in [-0.2, -0.15) is 10.2 Å². The molecule has 7 heteroatoms. The fraction of sp³-hybridized carbons (Fsp3) is 0. The van der Waals surface area contributed by atoms with Crippen molar-refractivity contribution in [2.24, 2.45) is 10.2 Å². The minimum Gasteiger partial charge on any atom is -0.507 e. The Hall–Kier alpha value is -3.35. The molecule has 4 N–H and O–H groups in total. The first-order valence-corrected chi connectivity index (χ1v) is 6.35. The van der Waals surface area contributed by atoms with Crippen LogP contribution in [-0.4, -0.2) is 28.7 Å². The number of para-hydroxylation sites is 2. The maximum Gasteiger partial charge on any atom is 0.355 e. The SMILES string of the molecule is O=C(N/N=C\c1ccccc1O)N/N=C\c1ccccc1O. The summed E-state index contributed by atoms with van der Waals surface area (Å²) in [6.07, 6.45) is 2.61. The number of hydrogen-bond donors (Lipinski definition) is 4. The Morgan fingerprint density at radius 1 is 0.818 bits per heavy atom. The Balaban J connectivity index is 1.84. The van der Waals surface area contributed by atoms with E-state index in [1.54, 1.807) is 36.4 Å². The van der Waals surface area contributed by atoms with Gasteiger partial charge in [-0.1, -0.05) is 24.3 Å². The van der Waals surface area contributed by atoms with Crippen molar-refractivity contribution in [2.45, 2.75) is 0 Å². The van der Waals surface area contributed by atoms with Crippen molar-refractivity contribution in [3.63, 3.8) is 0 Å². The average Bonchev–Trinajstić information content (AvgIpc) is 2.51. The van der Waals surface area contributed by atoms with E-state index in [-0.39, 0.29) is 11.5 Å². The van der Waals surface area contributed by atoms with E-state index in [2.05, 4.69) is 21.1 Å². The van der Waals surface area contributed by atoms with Crippen LogP contribution in [0.2, 0.25) is 0 Å². The van der Waals surface area contributed by atoms with Crippen LogP contribution in [0.4, 0.5) is 4.79 Å². The third-order valence-corrected chi connectivity index (χ3v) is 2.61. The minimum absolute atomic E-state index is 0.0611. The molecule has 0 saturated heterocycles. The van der Waals surface area contributed by atoms with Gasteiger partial charge < -0.3 is 10.2 Å². The highest BCUT2D eigenvalue weighted by Gasteiger charge is 1.98. The first-order valence-electron chi connectivity index (χ1n) is 6.35. The van der Waals surface area contributed by atoms with Crippen LogP contribution in [0.3, 0.4) is 0 Å². The second-order valence-electron chi connectivity index (χ2n) is 4.19. The van der Waals surface area contributed by atoms with Crippen molar-refractivity contribution in [1.29, 1.82) is 0 Å². The molecular formula is C15H14N4O3. The van der Waals surface area contributed by atoms with Gasteiger partial charge in [-0.05, 0) is 24.3 Å². The molecule has 2 aromatic rings. The molecule has 0 radical (unpaired) electrons. The predicted octanol–water partition coefficient (Wildman–Crippen LogP) is 1.76. The highest BCUT2D eigenvalue weighted by atomic mass is 16.3. The molecule has 22 heavy (non-hydrogen) atoms. The van der Waals surface area contributed by atoms with Crippen LogP contribution in [0.15, 0.2) is 58.7 Å². The first-order chi connectivity index (χ1) is 10.7. The number of rotatable bonds is 4. The maximum absolute atomic E-state index is 11.4. The van der Waals surface area contributed by atoms with E-state index in [0.717, 1.165) is 0 Å². The fourth-order valence-electron chi connectivity index (χ4n) is 1.54. The summed E-state index contributed by atoms with van der Waals surface area (Å²) in [5, 5.41) is 26.4. The van der Waals surface area contributed by atoms with Crippen molar-refractivity contribution in [2.75, 3.05) is 0 Å². The number of carbonyl (C=O) groups is 1. The number of nitrogens with one attached hydrogen (secondary N) is 2. The van der Waals surface area contributed by atoms with Gasteiger partial charge in [0.05, 0.1) is 12.4 Å². The van der Waals surface area contributed by atoms with E-state index in [1.807, 2.05) is 0 Å². The summed E-state index contributed by atoms with van der Waals surface area (Å²) in [6, 6.07) is 12.5. The Morgan fingerprint density at radius 3 is 1.64 bits per heavy atom. The quantitative estimate of drug-likeness (QED) is 0.510. The van der Waals surface area contributed by atoms with Gasteiger partial charge >= 0.3 is 6.03 Å². The molecule has 0 aliphatic carbocycles. The van der Waals surface area contributed by atoms with Gasteiger partial charge in [-0.15, -0.1) is 0 Å². The highest BCUT2D eigenvalue weighted by molar-refractivity contribution is 5.86. The lowest BCUT2D eigenvalue weighted by Gasteiger charge is -2.00.